The lowest BCUT2D eigenvalue weighted by Gasteiger charge is -2.23. The summed E-state index contributed by atoms with van der Waals surface area (Å²) in [6, 6.07) is 0. The Labute approximate surface area is 84.9 Å². The quantitative estimate of drug-likeness (QED) is 0.705. The molecular formula is C10H19NO3. The maximum Gasteiger partial charge on any atom is 0.308 e. The molecule has 14 heavy (non-hydrogen) atoms. The molecule has 1 atom stereocenters. The van der Waals surface area contributed by atoms with Crippen LogP contribution in [0.15, 0.2) is 0 Å². The zero-order valence-electron chi connectivity index (χ0n) is 9.12. The number of carbonyl (C=O) groups excluding carboxylic acids is 1. The molecule has 1 amide bonds. The first kappa shape index (κ1) is 12.9. The second kappa shape index (κ2) is 6.40. The van der Waals surface area contributed by atoms with Gasteiger partial charge in [-0.3, -0.25) is 9.59 Å². The number of hydrogen-bond donors (Lipinski definition) is 1. The Bertz CT molecular complexity index is 204. The fourth-order valence-electron chi connectivity index (χ4n) is 1.22. The number of carbonyl (C=O) groups is 2. The molecule has 0 spiro atoms. The molecule has 1 N–H and O–H groups in total. The molecule has 0 aliphatic carbocycles. The predicted molar refractivity (Wildman–Crippen MR) is 54.0 cm³/mol. The van der Waals surface area contributed by atoms with Gasteiger partial charge in [0.2, 0.25) is 5.91 Å². The molecule has 82 valence electrons. The van der Waals surface area contributed by atoms with E-state index in [0.717, 1.165) is 6.42 Å². The third-order valence-corrected chi connectivity index (χ3v) is 2.06. The van der Waals surface area contributed by atoms with E-state index in [9.17, 15) is 9.59 Å². The van der Waals surface area contributed by atoms with Crippen LogP contribution in [0, 0.1) is 5.92 Å². The van der Waals surface area contributed by atoms with E-state index in [4.69, 9.17) is 5.11 Å². The molecule has 0 fully saturated rings. The number of carboxylic acids is 1. The van der Waals surface area contributed by atoms with Crippen molar-refractivity contribution in [2.75, 3.05) is 13.1 Å². The molecule has 1 unspecified atom stereocenters. The van der Waals surface area contributed by atoms with Gasteiger partial charge in [0.15, 0.2) is 0 Å². The first-order valence-corrected chi connectivity index (χ1v) is 5.03. The minimum absolute atomic E-state index is 0.0277. The highest BCUT2D eigenvalue weighted by Gasteiger charge is 2.18. The van der Waals surface area contributed by atoms with Gasteiger partial charge in [-0.2, -0.15) is 0 Å². The molecule has 0 aromatic rings. The summed E-state index contributed by atoms with van der Waals surface area (Å²) in [6.07, 6.45) is 1.30. The van der Waals surface area contributed by atoms with Gasteiger partial charge in [-0.25, -0.2) is 0 Å². The van der Waals surface area contributed by atoms with Crippen LogP contribution in [0.25, 0.3) is 0 Å². The summed E-state index contributed by atoms with van der Waals surface area (Å²) in [4.78, 5) is 23.6. The Balaban J connectivity index is 4.21. The van der Waals surface area contributed by atoms with Crippen molar-refractivity contribution in [3.63, 3.8) is 0 Å². The standard InChI is InChI=1S/C10H19NO3/c1-4-6-11(9(12)5-2)7-8(3)10(13)14/h8H,4-7H2,1-3H3,(H,13,14). The maximum absolute atomic E-state index is 11.4. The van der Waals surface area contributed by atoms with Crippen LogP contribution in [0.2, 0.25) is 0 Å². The highest BCUT2D eigenvalue weighted by atomic mass is 16.4. The Morgan fingerprint density at radius 2 is 1.93 bits per heavy atom. The van der Waals surface area contributed by atoms with Crippen LogP contribution in [0.3, 0.4) is 0 Å². The zero-order chi connectivity index (χ0) is 11.1. The van der Waals surface area contributed by atoms with Crippen molar-refractivity contribution < 1.29 is 14.7 Å². The van der Waals surface area contributed by atoms with Crippen LogP contribution < -0.4 is 0 Å². The van der Waals surface area contributed by atoms with Crippen LogP contribution in [-0.4, -0.2) is 35.0 Å². The molecule has 0 saturated carbocycles. The highest BCUT2D eigenvalue weighted by molar-refractivity contribution is 5.77. The topological polar surface area (TPSA) is 57.6 Å². The van der Waals surface area contributed by atoms with Gasteiger partial charge in [0.1, 0.15) is 0 Å². The van der Waals surface area contributed by atoms with Gasteiger partial charge in [0, 0.05) is 19.5 Å². The maximum atomic E-state index is 11.4. The minimum Gasteiger partial charge on any atom is -0.481 e. The number of rotatable bonds is 6. The third-order valence-electron chi connectivity index (χ3n) is 2.06. The molecular weight excluding hydrogens is 182 g/mol. The van der Waals surface area contributed by atoms with E-state index in [-0.39, 0.29) is 5.91 Å². The Morgan fingerprint density at radius 3 is 2.29 bits per heavy atom. The SMILES string of the molecule is CCCN(CC(C)C(=O)O)C(=O)CC. The van der Waals surface area contributed by atoms with Crippen LogP contribution >= 0.6 is 0 Å². The minimum atomic E-state index is -0.852. The molecule has 0 rings (SSSR count). The van der Waals surface area contributed by atoms with E-state index < -0.39 is 11.9 Å². The number of nitrogens with zero attached hydrogens (tertiary/aromatic N) is 1. The number of carboxylic acid groups (broad SMARTS) is 1. The van der Waals surface area contributed by atoms with Gasteiger partial charge in [-0.05, 0) is 6.42 Å². The molecule has 0 saturated heterocycles. The van der Waals surface area contributed by atoms with Gasteiger partial charge in [-0.1, -0.05) is 20.8 Å². The smallest absolute Gasteiger partial charge is 0.308 e. The molecule has 0 aliphatic rings. The van der Waals surface area contributed by atoms with Crippen LogP contribution in [0.1, 0.15) is 33.6 Å². The molecule has 4 nitrogen and oxygen atoms in total. The second-order valence-electron chi connectivity index (χ2n) is 3.43. The van der Waals surface area contributed by atoms with E-state index >= 15 is 0 Å². The average molecular weight is 201 g/mol. The van der Waals surface area contributed by atoms with Crippen molar-refractivity contribution in [3.8, 4) is 0 Å². The fourth-order valence-corrected chi connectivity index (χ4v) is 1.22. The number of hydrogen-bond acceptors (Lipinski definition) is 2. The summed E-state index contributed by atoms with van der Waals surface area (Å²) < 4.78 is 0. The molecule has 0 aromatic carbocycles. The van der Waals surface area contributed by atoms with E-state index in [2.05, 4.69) is 0 Å². The van der Waals surface area contributed by atoms with Gasteiger partial charge in [0.05, 0.1) is 5.92 Å². The van der Waals surface area contributed by atoms with Crippen LogP contribution in [-0.2, 0) is 9.59 Å². The first-order chi connectivity index (χ1) is 6.52. The van der Waals surface area contributed by atoms with Crippen LogP contribution in [0.4, 0.5) is 0 Å². The zero-order valence-corrected chi connectivity index (χ0v) is 9.12. The Morgan fingerprint density at radius 1 is 1.36 bits per heavy atom. The largest absolute Gasteiger partial charge is 0.481 e. The van der Waals surface area contributed by atoms with E-state index in [1.165, 1.54) is 0 Å². The molecule has 0 aliphatic heterocycles. The monoisotopic (exact) mass is 201 g/mol. The summed E-state index contributed by atoms with van der Waals surface area (Å²) in [5.41, 5.74) is 0. The lowest BCUT2D eigenvalue weighted by Crippen LogP contribution is -2.37. The molecule has 4 heteroatoms. The lowest BCUT2D eigenvalue weighted by molar-refractivity contribution is -0.143. The lowest BCUT2D eigenvalue weighted by atomic mass is 10.1. The summed E-state index contributed by atoms with van der Waals surface area (Å²) in [6.45, 7) is 6.34. The van der Waals surface area contributed by atoms with Crippen molar-refractivity contribution in [2.45, 2.75) is 33.6 Å². The van der Waals surface area contributed by atoms with E-state index in [1.54, 1.807) is 18.7 Å². The van der Waals surface area contributed by atoms with Gasteiger partial charge >= 0.3 is 5.97 Å². The summed E-state index contributed by atoms with van der Waals surface area (Å²) >= 11 is 0. The van der Waals surface area contributed by atoms with Gasteiger partial charge < -0.3 is 10.0 Å². The predicted octanol–water partition coefficient (Wildman–Crippen LogP) is 1.36. The first-order valence-electron chi connectivity index (χ1n) is 5.03. The van der Waals surface area contributed by atoms with Crippen molar-refractivity contribution >= 4 is 11.9 Å². The summed E-state index contributed by atoms with van der Waals surface area (Å²) in [5.74, 6) is -1.31. The van der Waals surface area contributed by atoms with Crippen molar-refractivity contribution in [3.05, 3.63) is 0 Å². The number of amides is 1. The Kier molecular flexibility index (Phi) is 5.92. The second-order valence-corrected chi connectivity index (χ2v) is 3.43. The summed E-state index contributed by atoms with van der Waals surface area (Å²) in [5, 5.41) is 8.72. The van der Waals surface area contributed by atoms with Crippen molar-refractivity contribution in [1.29, 1.82) is 0 Å². The average Bonchev–Trinajstić information content (AvgIpc) is 2.15. The fraction of sp³-hybridized carbons (Fsp3) is 0.800. The summed E-state index contributed by atoms with van der Waals surface area (Å²) in [7, 11) is 0. The van der Waals surface area contributed by atoms with Gasteiger partial charge in [-0.15, -0.1) is 0 Å². The molecule has 0 radical (unpaired) electrons. The number of aliphatic carboxylic acids is 1. The van der Waals surface area contributed by atoms with Crippen molar-refractivity contribution in [2.24, 2.45) is 5.92 Å². The molecule has 0 aromatic heterocycles. The van der Waals surface area contributed by atoms with Crippen LogP contribution in [0.5, 0.6) is 0 Å². The van der Waals surface area contributed by atoms with E-state index in [0.29, 0.717) is 19.5 Å². The van der Waals surface area contributed by atoms with Crippen molar-refractivity contribution in [1.82, 2.24) is 4.90 Å². The molecule has 0 bridgehead atoms. The Hall–Kier alpha value is -1.06. The third kappa shape index (κ3) is 4.25. The van der Waals surface area contributed by atoms with Gasteiger partial charge in [0.25, 0.3) is 0 Å². The highest BCUT2D eigenvalue weighted by Crippen LogP contribution is 2.03. The molecule has 0 heterocycles. The van der Waals surface area contributed by atoms with E-state index in [1.807, 2.05) is 6.92 Å². The normalized spacial score (nSPS) is 12.2.